The largest absolute Gasteiger partial charge is 0.464 e. The quantitative estimate of drug-likeness (QED) is 0.396. The number of imidazole rings is 1. The Labute approximate surface area is 181 Å². The average Bonchev–Trinajstić information content (AvgIpc) is 3.15. The van der Waals surface area contributed by atoms with E-state index in [4.69, 9.17) is 4.74 Å². The van der Waals surface area contributed by atoms with Crippen molar-refractivity contribution in [2.75, 3.05) is 18.2 Å². The first kappa shape index (κ1) is 21.9. The van der Waals surface area contributed by atoms with E-state index in [-0.39, 0.29) is 12.6 Å². The molecule has 30 heavy (non-hydrogen) atoms. The van der Waals surface area contributed by atoms with Crippen LogP contribution in [-0.2, 0) is 22.7 Å². The molecule has 1 unspecified atom stereocenters. The lowest BCUT2D eigenvalue weighted by molar-refractivity contribution is -0.144. The molecule has 2 N–H and O–H groups in total. The molecular weight excluding hydrogens is 398 g/mol. The van der Waals surface area contributed by atoms with Crippen molar-refractivity contribution in [1.82, 2.24) is 9.55 Å². The molecule has 0 saturated heterocycles. The molecule has 1 aromatic heterocycles. The van der Waals surface area contributed by atoms with Crippen LogP contribution in [0.5, 0.6) is 0 Å². The first-order valence-corrected chi connectivity index (χ1v) is 11.1. The van der Waals surface area contributed by atoms with Crippen LogP contribution in [0.1, 0.15) is 35.3 Å². The maximum atomic E-state index is 12.6. The van der Waals surface area contributed by atoms with Crippen LogP contribution < -0.4 is 5.32 Å². The number of nitrogens with zero attached hydrogens (tertiary/aromatic N) is 2. The zero-order valence-electron chi connectivity index (χ0n) is 17.5. The Morgan fingerprint density at radius 2 is 1.97 bits per heavy atom. The smallest absolute Gasteiger partial charge is 0.333 e. The van der Waals surface area contributed by atoms with Gasteiger partial charge >= 0.3 is 5.97 Å². The van der Waals surface area contributed by atoms with Gasteiger partial charge in [0.2, 0.25) is 0 Å². The summed E-state index contributed by atoms with van der Waals surface area (Å²) in [5.41, 5.74) is 4.62. The number of carbonyl (C=O) groups excluding carboxylic acids is 1. The summed E-state index contributed by atoms with van der Waals surface area (Å²) in [7, 11) is 0. The number of anilines is 1. The summed E-state index contributed by atoms with van der Waals surface area (Å²) in [5.74, 6) is -0.300. The normalized spacial score (nSPS) is 11.9. The molecule has 0 fully saturated rings. The van der Waals surface area contributed by atoms with E-state index in [1.54, 1.807) is 24.9 Å². The highest BCUT2D eigenvalue weighted by Crippen LogP contribution is 2.25. The van der Waals surface area contributed by atoms with Crippen LogP contribution in [0.3, 0.4) is 0 Å². The third-order valence-corrected chi connectivity index (χ3v) is 5.56. The number of rotatable bonds is 9. The Kier molecular flexibility index (Phi) is 7.54. The Morgan fingerprint density at radius 3 is 2.60 bits per heavy atom. The van der Waals surface area contributed by atoms with Gasteiger partial charge in [-0.15, -0.1) is 0 Å². The molecule has 0 aliphatic heterocycles. The number of aryl methyl sites for hydroxylation is 1. The lowest BCUT2D eigenvalue weighted by atomic mass is 10.0. The van der Waals surface area contributed by atoms with Crippen LogP contribution >= 0.6 is 11.8 Å². The van der Waals surface area contributed by atoms with Crippen molar-refractivity contribution < 1.29 is 14.6 Å². The summed E-state index contributed by atoms with van der Waals surface area (Å²) in [6.45, 7) is 4.69. The van der Waals surface area contributed by atoms with Gasteiger partial charge in [0.1, 0.15) is 0 Å². The monoisotopic (exact) mass is 425 g/mol. The number of aliphatic hydroxyl groups is 1. The number of nitrogens with one attached hydrogen (secondary N) is 1. The molecule has 2 aromatic carbocycles. The van der Waals surface area contributed by atoms with Crippen LogP contribution in [0.15, 0.2) is 59.9 Å². The van der Waals surface area contributed by atoms with Gasteiger partial charge in [0.15, 0.2) is 11.2 Å². The van der Waals surface area contributed by atoms with E-state index in [2.05, 4.69) is 10.3 Å². The van der Waals surface area contributed by atoms with E-state index in [0.29, 0.717) is 13.2 Å². The Balaban J connectivity index is 1.80. The molecule has 0 radical (unpaired) electrons. The van der Waals surface area contributed by atoms with Crippen LogP contribution in [0, 0.1) is 6.92 Å². The lowest BCUT2D eigenvalue weighted by Crippen LogP contribution is -2.24. The molecule has 0 aliphatic rings. The zero-order valence-corrected chi connectivity index (χ0v) is 18.3. The minimum atomic E-state index is -0.574. The average molecular weight is 426 g/mol. The molecule has 0 saturated carbocycles. The van der Waals surface area contributed by atoms with Crippen molar-refractivity contribution >= 4 is 23.4 Å². The Bertz CT molecular complexity index is 964. The SMILES string of the molecule is CCOC(=O)C(Nc1ccc(Cn2c(CO)cnc2SC)cc1)c1ccccc1C. The van der Waals surface area contributed by atoms with Gasteiger partial charge in [-0.05, 0) is 48.9 Å². The predicted molar refractivity (Wildman–Crippen MR) is 120 cm³/mol. The Morgan fingerprint density at radius 1 is 1.23 bits per heavy atom. The van der Waals surface area contributed by atoms with Crippen LogP contribution in [0.25, 0.3) is 0 Å². The maximum absolute atomic E-state index is 12.6. The van der Waals surface area contributed by atoms with Crippen LogP contribution in [-0.4, -0.2) is 33.5 Å². The summed E-state index contributed by atoms with van der Waals surface area (Å²) >= 11 is 1.55. The lowest BCUT2D eigenvalue weighted by Gasteiger charge is -2.21. The van der Waals surface area contributed by atoms with Crippen molar-refractivity contribution in [2.45, 2.75) is 38.2 Å². The zero-order chi connectivity index (χ0) is 21.5. The first-order valence-electron chi connectivity index (χ1n) is 9.84. The summed E-state index contributed by atoms with van der Waals surface area (Å²) in [6, 6.07) is 15.2. The number of ether oxygens (including phenoxy) is 1. The second-order valence-electron chi connectivity index (χ2n) is 6.86. The molecule has 3 rings (SSSR count). The standard InChI is InChI=1S/C23H27N3O3S/c1-4-29-22(28)21(20-8-6-5-7-16(20)2)25-18-11-9-17(10-12-18)14-26-19(15-27)13-24-23(26)30-3/h5-13,21,25,27H,4,14-15H2,1-3H3. The molecule has 0 spiro atoms. The molecular formula is C23H27N3O3S. The fraction of sp³-hybridized carbons (Fsp3) is 0.304. The second-order valence-corrected chi connectivity index (χ2v) is 7.64. The fourth-order valence-electron chi connectivity index (χ4n) is 3.31. The van der Waals surface area contributed by atoms with Gasteiger partial charge in [-0.3, -0.25) is 0 Å². The highest BCUT2D eigenvalue weighted by molar-refractivity contribution is 7.98. The second kappa shape index (κ2) is 10.3. The highest BCUT2D eigenvalue weighted by Gasteiger charge is 2.23. The van der Waals surface area contributed by atoms with Crippen LogP contribution in [0.2, 0.25) is 0 Å². The third kappa shape index (κ3) is 5.04. The van der Waals surface area contributed by atoms with Crippen molar-refractivity contribution in [3.05, 3.63) is 77.1 Å². The van der Waals surface area contributed by atoms with E-state index < -0.39 is 6.04 Å². The number of carbonyl (C=O) groups is 1. The minimum Gasteiger partial charge on any atom is -0.464 e. The van der Waals surface area contributed by atoms with Crippen LogP contribution in [0.4, 0.5) is 5.69 Å². The molecule has 7 heteroatoms. The number of esters is 1. The van der Waals surface area contributed by atoms with E-state index in [0.717, 1.165) is 33.2 Å². The van der Waals surface area contributed by atoms with Gasteiger partial charge in [-0.2, -0.15) is 0 Å². The van der Waals surface area contributed by atoms with E-state index in [1.807, 2.05) is 66.3 Å². The maximum Gasteiger partial charge on any atom is 0.333 e. The molecule has 158 valence electrons. The number of hydrogen-bond donors (Lipinski definition) is 2. The number of hydrogen-bond acceptors (Lipinski definition) is 6. The van der Waals surface area contributed by atoms with Gasteiger partial charge in [0, 0.05) is 12.2 Å². The van der Waals surface area contributed by atoms with Gasteiger partial charge in [0.25, 0.3) is 0 Å². The van der Waals surface area contributed by atoms with Crippen molar-refractivity contribution in [2.24, 2.45) is 0 Å². The number of benzene rings is 2. The molecule has 0 bridgehead atoms. The minimum absolute atomic E-state index is 0.0507. The number of thioether (sulfide) groups is 1. The third-order valence-electron chi connectivity index (χ3n) is 4.87. The molecule has 1 heterocycles. The molecule has 6 nitrogen and oxygen atoms in total. The summed E-state index contributed by atoms with van der Waals surface area (Å²) < 4.78 is 7.29. The van der Waals surface area contributed by atoms with Gasteiger partial charge in [-0.1, -0.05) is 48.2 Å². The molecule has 3 aromatic rings. The topological polar surface area (TPSA) is 76.4 Å². The van der Waals surface area contributed by atoms with E-state index in [9.17, 15) is 9.90 Å². The van der Waals surface area contributed by atoms with Gasteiger partial charge in [-0.25, -0.2) is 9.78 Å². The van der Waals surface area contributed by atoms with Crippen molar-refractivity contribution in [1.29, 1.82) is 0 Å². The van der Waals surface area contributed by atoms with E-state index in [1.165, 1.54) is 0 Å². The van der Waals surface area contributed by atoms with Gasteiger partial charge in [0.05, 0.1) is 25.1 Å². The molecule has 1 atom stereocenters. The Hall–Kier alpha value is -2.77. The highest BCUT2D eigenvalue weighted by atomic mass is 32.2. The molecule has 0 aliphatic carbocycles. The summed E-state index contributed by atoms with van der Waals surface area (Å²) in [4.78, 5) is 16.9. The van der Waals surface area contributed by atoms with Crippen molar-refractivity contribution in [3.63, 3.8) is 0 Å². The number of aromatic nitrogens is 2. The summed E-state index contributed by atoms with van der Waals surface area (Å²) in [6.07, 6.45) is 3.67. The number of aliphatic hydroxyl groups excluding tert-OH is 1. The summed E-state index contributed by atoms with van der Waals surface area (Å²) in [5, 5.41) is 13.7. The molecule has 0 amide bonds. The van der Waals surface area contributed by atoms with E-state index >= 15 is 0 Å². The predicted octanol–water partition coefficient (Wildman–Crippen LogP) is 4.17. The first-order chi connectivity index (χ1) is 14.6. The van der Waals surface area contributed by atoms with Crippen molar-refractivity contribution in [3.8, 4) is 0 Å². The fourth-order valence-corrected chi connectivity index (χ4v) is 3.87. The van der Waals surface area contributed by atoms with Gasteiger partial charge < -0.3 is 19.7 Å².